The minimum atomic E-state index is -0.618. The van der Waals surface area contributed by atoms with Crippen molar-refractivity contribution in [2.75, 3.05) is 0 Å². The van der Waals surface area contributed by atoms with Crippen molar-refractivity contribution in [3.05, 3.63) is 35.5 Å². The van der Waals surface area contributed by atoms with E-state index in [0.29, 0.717) is 36.0 Å². The lowest BCUT2D eigenvalue weighted by atomic mass is 9.60. The monoisotopic (exact) mass is 416 g/mol. The summed E-state index contributed by atoms with van der Waals surface area (Å²) in [5.74, 6) is 2.35. The molecule has 3 rings (SSSR count). The van der Waals surface area contributed by atoms with Gasteiger partial charge in [0.1, 0.15) is 0 Å². The lowest BCUT2D eigenvalue weighted by Crippen LogP contribution is -2.36. The first-order valence-corrected chi connectivity index (χ1v) is 12.3. The molecule has 0 aromatic heterocycles. The minimum absolute atomic E-state index is 0.180. The van der Waals surface area contributed by atoms with Crippen molar-refractivity contribution in [1.29, 1.82) is 0 Å². The minimum Gasteiger partial charge on any atom is -0.393 e. The molecule has 7 atom stereocenters. The molecule has 3 heteroatoms. The molecule has 0 amide bonds. The van der Waals surface area contributed by atoms with Gasteiger partial charge in [-0.3, -0.25) is 0 Å². The smallest absolute Gasteiger partial charge is 0.0811 e. The molecule has 3 saturated carbocycles. The largest absolute Gasteiger partial charge is 0.393 e. The first-order valence-electron chi connectivity index (χ1n) is 12.3. The number of rotatable bonds is 6. The van der Waals surface area contributed by atoms with Gasteiger partial charge in [0, 0.05) is 6.42 Å². The molecule has 0 bridgehead atoms. The van der Waals surface area contributed by atoms with E-state index in [4.69, 9.17) is 0 Å². The van der Waals surface area contributed by atoms with Crippen LogP contribution in [0, 0.1) is 29.1 Å². The zero-order valence-corrected chi connectivity index (χ0v) is 19.6. The molecule has 0 spiro atoms. The summed E-state index contributed by atoms with van der Waals surface area (Å²) in [6.07, 6.45) is 12.4. The van der Waals surface area contributed by atoms with Crippen LogP contribution in [0.4, 0.5) is 0 Å². The van der Waals surface area contributed by atoms with Crippen molar-refractivity contribution in [1.82, 2.24) is 0 Å². The highest BCUT2D eigenvalue weighted by atomic mass is 16.3. The van der Waals surface area contributed by atoms with Crippen LogP contribution in [0.5, 0.6) is 0 Å². The fourth-order valence-electron chi connectivity index (χ4n) is 6.65. The Balaban J connectivity index is 1.72. The molecule has 3 aliphatic rings. The van der Waals surface area contributed by atoms with E-state index in [-0.39, 0.29) is 6.10 Å². The average Bonchev–Trinajstić information content (AvgIpc) is 3.04. The van der Waals surface area contributed by atoms with E-state index < -0.39 is 12.2 Å². The van der Waals surface area contributed by atoms with Crippen molar-refractivity contribution in [3.63, 3.8) is 0 Å². The normalized spacial score (nSPS) is 39.5. The second-order valence-corrected chi connectivity index (χ2v) is 11.0. The SMILES string of the molecule is C=C1/C(=C\C=C2/CCC[C@@]3(C)C2CCC3C(C)CCC(O)C(C)C)CC(O)CC1O. The van der Waals surface area contributed by atoms with Crippen molar-refractivity contribution in [2.45, 2.75) is 104 Å². The Morgan fingerprint density at radius 2 is 1.87 bits per heavy atom. The highest BCUT2D eigenvalue weighted by Crippen LogP contribution is 2.60. The van der Waals surface area contributed by atoms with E-state index in [2.05, 4.69) is 46.4 Å². The van der Waals surface area contributed by atoms with E-state index >= 15 is 0 Å². The summed E-state index contributed by atoms with van der Waals surface area (Å²) in [6, 6.07) is 0. The Labute approximate surface area is 184 Å². The molecule has 30 heavy (non-hydrogen) atoms. The van der Waals surface area contributed by atoms with Gasteiger partial charge in [-0.05, 0) is 91.6 Å². The maximum atomic E-state index is 10.3. The summed E-state index contributed by atoms with van der Waals surface area (Å²) in [4.78, 5) is 0. The molecule has 3 aliphatic carbocycles. The third-order valence-electron chi connectivity index (χ3n) is 8.68. The number of hydrogen-bond acceptors (Lipinski definition) is 3. The molecule has 0 aromatic carbocycles. The van der Waals surface area contributed by atoms with Gasteiger partial charge in [-0.1, -0.05) is 52.0 Å². The molecule has 0 aliphatic heterocycles. The van der Waals surface area contributed by atoms with Crippen LogP contribution in [-0.4, -0.2) is 33.6 Å². The molecule has 0 heterocycles. The maximum Gasteiger partial charge on any atom is 0.0811 e. The average molecular weight is 417 g/mol. The Bertz CT molecular complexity index is 676. The van der Waals surface area contributed by atoms with Crippen LogP contribution < -0.4 is 0 Å². The maximum absolute atomic E-state index is 10.3. The third kappa shape index (κ3) is 4.95. The standard InChI is InChI=1S/C27H44O3/c1-17(2)25(29)13-8-18(3)23-11-12-24-20(7-6-14-27(23,24)5)9-10-21-15-22(28)16-26(30)19(21)4/h9-10,17-18,22-26,28-30H,4,6-8,11-16H2,1-3,5H3/b20-9+,21-10-/t18?,22?,23?,24?,25?,26?,27-/m1/s1. The third-order valence-corrected chi connectivity index (χ3v) is 8.68. The molecule has 0 saturated heterocycles. The Morgan fingerprint density at radius 1 is 1.13 bits per heavy atom. The van der Waals surface area contributed by atoms with Gasteiger partial charge in [0.05, 0.1) is 18.3 Å². The molecular weight excluding hydrogens is 372 g/mol. The second-order valence-electron chi connectivity index (χ2n) is 11.0. The van der Waals surface area contributed by atoms with Crippen LogP contribution in [0.25, 0.3) is 0 Å². The first kappa shape index (κ1) is 23.8. The quantitative estimate of drug-likeness (QED) is 0.531. The highest BCUT2D eigenvalue weighted by molar-refractivity contribution is 5.38. The van der Waals surface area contributed by atoms with Gasteiger partial charge in [0.15, 0.2) is 0 Å². The number of aliphatic hydroxyl groups excluding tert-OH is 3. The highest BCUT2D eigenvalue weighted by Gasteiger charge is 2.50. The Morgan fingerprint density at radius 3 is 2.57 bits per heavy atom. The van der Waals surface area contributed by atoms with Crippen LogP contribution in [0.2, 0.25) is 0 Å². The van der Waals surface area contributed by atoms with E-state index in [1.54, 1.807) is 5.57 Å². The van der Waals surface area contributed by atoms with Gasteiger partial charge < -0.3 is 15.3 Å². The van der Waals surface area contributed by atoms with Gasteiger partial charge in [0.25, 0.3) is 0 Å². The van der Waals surface area contributed by atoms with Crippen molar-refractivity contribution < 1.29 is 15.3 Å². The van der Waals surface area contributed by atoms with E-state index in [1.165, 1.54) is 25.7 Å². The molecule has 3 N–H and O–H groups in total. The van der Waals surface area contributed by atoms with Gasteiger partial charge in [-0.25, -0.2) is 0 Å². The van der Waals surface area contributed by atoms with Crippen LogP contribution in [-0.2, 0) is 0 Å². The van der Waals surface area contributed by atoms with E-state index in [1.807, 2.05) is 0 Å². The van der Waals surface area contributed by atoms with Gasteiger partial charge in [0.2, 0.25) is 0 Å². The number of fused-ring (bicyclic) bond motifs is 1. The Kier molecular flexibility index (Phi) is 7.69. The molecule has 170 valence electrons. The summed E-state index contributed by atoms with van der Waals surface area (Å²) in [6.45, 7) is 13.2. The predicted molar refractivity (Wildman–Crippen MR) is 124 cm³/mol. The topological polar surface area (TPSA) is 60.7 Å². The zero-order valence-electron chi connectivity index (χ0n) is 19.6. The molecule has 3 nitrogen and oxygen atoms in total. The molecule has 3 fully saturated rings. The molecule has 0 aromatic rings. The predicted octanol–water partition coefficient (Wildman–Crippen LogP) is 5.56. The summed E-state index contributed by atoms with van der Waals surface area (Å²) in [5, 5.41) is 30.4. The van der Waals surface area contributed by atoms with Gasteiger partial charge in [-0.2, -0.15) is 0 Å². The second kappa shape index (κ2) is 9.71. The number of allylic oxidation sites excluding steroid dienone is 3. The fraction of sp³-hybridized carbons (Fsp3) is 0.778. The van der Waals surface area contributed by atoms with Crippen LogP contribution >= 0.6 is 0 Å². The van der Waals surface area contributed by atoms with Gasteiger partial charge in [-0.15, -0.1) is 0 Å². The molecule has 0 radical (unpaired) electrons. The summed E-state index contributed by atoms with van der Waals surface area (Å²) in [5.41, 5.74) is 3.69. The number of aliphatic hydroxyl groups is 3. The lowest BCUT2D eigenvalue weighted by Gasteiger charge is -2.44. The van der Waals surface area contributed by atoms with Gasteiger partial charge >= 0.3 is 0 Å². The zero-order chi connectivity index (χ0) is 22.1. The van der Waals surface area contributed by atoms with Crippen LogP contribution in [0.3, 0.4) is 0 Å². The van der Waals surface area contributed by atoms with Crippen LogP contribution in [0.15, 0.2) is 35.5 Å². The Hall–Kier alpha value is -0.900. The molecular formula is C27H44O3. The summed E-state index contributed by atoms with van der Waals surface area (Å²) in [7, 11) is 0. The van der Waals surface area contributed by atoms with Crippen molar-refractivity contribution >= 4 is 0 Å². The number of hydrogen-bond donors (Lipinski definition) is 3. The van der Waals surface area contributed by atoms with Crippen LogP contribution in [0.1, 0.15) is 85.5 Å². The lowest BCUT2D eigenvalue weighted by molar-refractivity contribution is 0.0717. The van der Waals surface area contributed by atoms with Crippen molar-refractivity contribution in [3.8, 4) is 0 Å². The van der Waals surface area contributed by atoms with E-state index in [9.17, 15) is 15.3 Å². The fourth-order valence-corrected chi connectivity index (χ4v) is 6.65. The summed E-state index contributed by atoms with van der Waals surface area (Å²) < 4.78 is 0. The summed E-state index contributed by atoms with van der Waals surface area (Å²) >= 11 is 0. The molecule has 6 unspecified atom stereocenters. The van der Waals surface area contributed by atoms with E-state index in [0.717, 1.165) is 36.3 Å². The first-order chi connectivity index (χ1) is 14.1. The van der Waals surface area contributed by atoms with Crippen molar-refractivity contribution in [2.24, 2.45) is 29.1 Å².